The SMILES string of the molecule is Cc1ccc(N(C(=O)[C@H](F)Cl)[C@@](C)(C(=O)NC2CCOCC2)c2cncc(F)c2)cc1. The number of hydrogen-bond donors (Lipinski definition) is 1. The molecule has 0 unspecified atom stereocenters. The Balaban J connectivity index is 2.14. The summed E-state index contributed by atoms with van der Waals surface area (Å²) < 4.78 is 33.5. The zero-order chi connectivity index (χ0) is 22.6. The van der Waals surface area contributed by atoms with Gasteiger partial charge in [0.1, 0.15) is 5.82 Å². The molecule has 1 fully saturated rings. The van der Waals surface area contributed by atoms with Crippen molar-refractivity contribution in [3.8, 4) is 0 Å². The first kappa shape index (κ1) is 23.1. The number of benzene rings is 1. The molecule has 2 atom stereocenters. The van der Waals surface area contributed by atoms with Crippen LogP contribution in [0, 0.1) is 12.7 Å². The van der Waals surface area contributed by atoms with Gasteiger partial charge in [-0.2, -0.15) is 0 Å². The second kappa shape index (κ2) is 9.70. The molecular weight excluding hydrogens is 428 g/mol. The van der Waals surface area contributed by atoms with Crippen molar-refractivity contribution < 1.29 is 23.1 Å². The van der Waals surface area contributed by atoms with Crippen LogP contribution in [0.25, 0.3) is 0 Å². The number of alkyl halides is 2. The van der Waals surface area contributed by atoms with Crippen molar-refractivity contribution in [2.45, 2.75) is 43.9 Å². The molecule has 0 aliphatic carbocycles. The first-order valence-corrected chi connectivity index (χ1v) is 10.4. The van der Waals surface area contributed by atoms with E-state index >= 15 is 0 Å². The number of pyridine rings is 1. The zero-order valence-corrected chi connectivity index (χ0v) is 18.0. The molecule has 0 bridgehead atoms. The van der Waals surface area contributed by atoms with Crippen molar-refractivity contribution in [3.63, 3.8) is 0 Å². The molecule has 0 spiro atoms. The van der Waals surface area contributed by atoms with E-state index in [1.807, 2.05) is 6.92 Å². The van der Waals surface area contributed by atoms with Gasteiger partial charge in [-0.1, -0.05) is 29.3 Å². The van der Waals surface area contributed by atoms with Gasteiger partial charge in [-0.15, -0.1) is 0 Å². The fraction of sp³-hybridized carbons (Fsp3) is 0.409. The minimum Gasteiger partial charge on any atom is -0.381 e. The first-order chi connectivity index (χ1) is 14.7. The molecule has 2 heterocycles. The number of hydrogen-bond acceptors (Lipinski definition) is 4. The highest BCUT2D eigenvalue weighted by molar-refractivity contribution is 6.32. The highest BCUT2D eigenvalue weighted by atomic mass is 35.5. The van der Waals surface area contributed by atoms with E-state index < -0.39 is 28.8 Å². The number of aryl methyl sites for hydroxylation is 1. The third-order valence-corrected chi connectivity index (χ3v) is 5.60. The predicted molar refractivity (Wildman–Crippen MR) is 113 cm³/mol. The summed E-state index contributed by atoms with van der Waals surface area (Å²) in [4.78, 5) is 31.3. The monoisotopic (exact) mass is 451 g/mol. The molecule has 9 heteroatoms. The van der Waals surface area contributed by atoms with Gasteiger partial charge in [0, 0.05) is 36.7 Å². The summed E-state index contributed by atoms with van der Waals surface area (Å²) in [6, 6.07) is 7.51. The van der Waals surface area contributed by atoms with Crippen LogP contribution in [0.15, 0.2) is 42.7 Å². The van der Waals surface area contributed by atoms with Crippen molar-refractivity contribution in [1.82, 2.24) is 10.3 Å². The van der Waals surface area contributed by atoms with Crippen LogP contribution >= 0.6 is 11.6 Å². The van der Waals surface area contributed by atoms with Crippen LogP contribution in [0.5, 0.6) is 0 Å². The van der Waals surface area contributed by atoms with Crippen molar-refractivity contribution in [2.75, 3.05) is 18.1 Å². The van der Waals surface area contributed by atoms with Crippen LogP contribution in [-0.2, 0) is 19.9 Å². The molecule has 2 amide bonds. The van der Waals surface area contributed by atoms with Crippen LogP contribution in [0.4, 0.5) is 14.5 Å². The molecule has 31 heavy (non-hydrogen) atoms. The summed E-state index contributed by atoms with van der Waals surface area (Å²) in [5.74, 6) is -2.43. The van der Waals surface area contributed by atoms with E-state index in [2.05, 4.69) is 10.3 Å². The lowest BCUT2D eigenvalue weighted by Gasteiger charge is -2.41. The number of nitrogens with one attached hydrogen (secondary N) is 1. The lowest BCUT2D eigenvalue weighted by Crippen LogP contribution is -2.60. The minimum absolute atomic E-state index is 0.0864. The number of halogens is 3. The zero-order valence-electron chi connectivity index (χ0n) is 17.3. The van der Waals surface area contributed by atoms with Gasteiger partial charge in [-0.25, -0.2) is 8.78 Å². The molecule has 1 N–H and O–H groups in total. The summed E-state index contributed by atoms with van der Waals surface area (Å²) in [7, 11) is 0. The highest BCUT2D eigenvalue weighted by Gasteiger charge is 2.47. The Morgan fingerprint density at radius 1 is 1.26 bits per heavy atom. The molecule has 6 nitrogen and oxygen atoms in total. The Morgan fingerprint density at radius 3 is 2.48 bits per heavy atom. The van der Waals surface area contributed by atoms with Crippen LogP contribution in [0.3, 0.4) is 0 Å². The van der Waals surface area contributed by atoms with E-state index in [9.17, 15) is 18.4 Å². The maximum atomic E-state index is 14.1. The standard InChI is InChI=1S/C22H24ClF2N3O3/c1-14-3-5-18(6-4-14)28(20(29)19(23)25)22(2,15-11-16(24)13-26-12-15)21(30)27-17-7-9-31-10-8-17/h3-6,11-13,17,19H,7-10H2,1-2H3,(H,27,30)/t19-,22+/m0/s1. The fourth-order valence-electron chi connectivity index (χ4n) is 3.60. The normalized spacial score (nSPS) is 17.5. The van der Waals surface area contributed by atoms with Gasteiger partial charge in [-0.05, 0) is 44.9 Å². The summed E-state index contributed by atoms with van der Waals surface area (Å²) in [5.41, 5.74) is -2.99. The summed E-state index contributed by atoms with van der Waals surface area (Å²) in [5, 5.41) is 2.90. The number of nitrogens with zero attached hydrogens (tertiary/aromatic N) is 2. The molecule has 1 aliphatic heterocycles. The molecule has 0 saturated carbocycles. The lowest BCUT2D eigenvalue weighted by atomic mass is 9.88. The number of aromatic nitrogens is 1. The van der Waals surface area contributed by atoms with E-state index in [-0.39, 0.29) is 17.3 Å². The third kappa shape index (κ3) is 5.02. The molecular formula is C22H24ClF2N3O3. The van der Waals surface area contributed by atoms with Gasteiger partial charge in [0.15, 0.2) is 5.54 Å². The number of amides is 2. The molecule has 1 aromatic carbocycles. The molecule has 166 valence electrons. The third-order valence-electron chi connectivity index (χ3n) is 5.41. The van der Waals surface area contributed by atoms with Crippen LogP contribution in [-0.4, -0.2) is 41.7 Å². The minimum atomic E-state index is -2.40. The summed E-state index contributed by atoms with van der Waals surface area (Å²) >= 11 is 5.53. The topological polar surface area (TPSA) is 71.5 Å². The maximum absolute atomic E-state index is 14.1. The second-order valence-corrected chi connectivity index (χ2v) is 8.02. The molecule has 1 aliphatic rings. The Kier molecular flexibility index (Phi) is 7.23. The maximum Gasteiger partial charge on any atom is 0.278 e. The number of carbonyl (C=O) groups is 2. The van der Waals surface area contributed by atoms with Gasteiger partial charge in [0.25, 0.3) is 17.4 Å². The number of ether oxygens (including phenoxy) is 1. The van der Waals surface area contributed by atoms with Crippen LogP contribution in [0.2, 0.25) is 0 Å². The number of carbonyl (C=O) groups excluding carboxylic acids is 2. The van der Waals surface area contributed by atoms with E-state index in [0.717, 1.165) is 22.7 Å². The van der Waals surface area contributed by atoms with Gasteiger partial charge >= 0.3 is 0 Å². The first-order valence-electron chi connectivity index (χ1n) is 9.92. The molecule has 0 radical (unpaired) electrons. The van der Waals surface area contributed by atoms with Crippen LogP contribution < -0.4 is 10.2 Å². The Bertz CT molecular complexity index is 936. The Labute approximate surface area is 184 Å². The van der Waals surface area contributed by atoms with E-state index in [1.165, 1.54) is 13.1 Å². The molecule has 1 aromatic heterocycles. The molecule has 2 aromatic rings. The van der Waals surface area contributed by atoms with Gasteiger partial charge < -0.3 is 10.1 Å². The smallest absolute Gasteiger partial charge is 0.278 e. The van der Waals surface area contributed by atoms with Crippen molar-refractivity contribution in [1.29, 1.82) is 0 Å². The summed E-state index contributed by atoms with van der Waals surface area (Å²) in [6.07, 6.45) is 3.44. The van der Waals surface area contributed by atoms with E-state index in [1.54, 1.807) is 24.3 Å². The number of anilines is 1. The second-order valence-electron chi connectivity index (χ2n) is 7.63. The average molecular weight is 452 g/mol. The lowest BCUT2D eigenvalue weighted by molar-refractivity contribution is -0.132. The number of rotatable bonds is 6. The van der Waals surface area contributed by atoms with Crippen LogP contribution in [0.1, 0.15) is 30.9 Å². The van der Waals surface area contributed by atoms with E-state index in [0.29, 0.717) is 26.1 Å². The van der Waals surface area contributed by atoms with E-state index in [4.69, 9.17) is 16.3 Å². The van der Waals surface area contributed by atoms with Gasteiger partial charge in [-0.3, -0.25) is 19.5 Å². The quantitative estimate of drug-likeness (QED) is 0.681. The summed E-state index contributed by atoms with van der Waals surface area (Å²) in [6.45, 7) is 4.24. The van der Waals surface area contributed by atoms with Gasteiger partial charge in [0.2, 0.25) is 0 Å². The average Bonchev–Trinajstić information content (AvgIpc) is 2.75. The fourth-order valence-corrected chi connectivity index (χ4v) is 3.70. The van der Waals surface area contributed by atoms with Crippen molar-refractivity contribution in [3.05, 3.63) is 59.7 Å². The van der Waals surface area contributed by atoms with Crippen molar-refractivity contribution in [2.24, 2.45) is 0 Å². The Hall–Kier alpha value is -2.58. The largest absolute Gasteiger partial charge is 0.381 e. The molecule has 3 rings (SSSR count). The Morgan fingerprint density at radius 2 is 1.90 bits per heavy atom. The molecule has 1 saturated heterocycles. The van der Waals surface area contributed by atoms with Gasteiger partial charge in [0.05, 0.1) is 6.20 Å². The van der Waals surface area contributed by atoms with Crippen molar-refractivity contribution >= 4 is 29.1 Å². The predicted octanol–water partition coefficient (Wildman–Crippen LogP) is 3.61. The highest BCUT2D eigenvalue weighted by Crippen LogP contribution is 2.35.